The van der Waals surface area contributed by atoms with Gasteiger partial charge in [0.2, 0.25) is 11.8 Å². The SMILES string of the molecule is CCNC(=O)NCc1ccc(CNC(=O)C(Cc2ccc(N)nc2)NC(=O)C(c2ccccc2)c2ccccc2)cc1. The summed E-state index contributed by atoms with van der Waals surface area (Å²) >= 11 is 0. The third kappa shape index (κ3) is 8.66. The third-order valence-electron chi connectivity index (χ3n) is 6.73. The van der Waals surface area contributed by atoms with Gasteiger partial charge in [-0.15, -0.1) is 0 Å². The smallest absolute Gasteiger partial charge is 0.315 e. The van der Waals surface area contributed by atoms with Gasteiger partial charge in [-0.25, -0.2) is 9.78 Å². The van der Waals surface area contributed by atoms with Gasteiger partial charge < -0.3 is 27.0 Å². The van der Waals surface area contributed by atoms with E-state index in [4.69, 9.17) is 5.73 Å². The van der Waals surface area contributed by atoms with Gasteiger partial charge in [0.25, 0.3) is 0 Å². The molecule has 0 aliphatic rings. The normalized spacial score (nSPS) is 11.4. The van der Waals surface area contributed by atoms with Gasteiger partial charge in [0, 0.05) is 32.3 Å². The van der Waals surface area contributed by atoms with Gasteiger partial charge in [0.05, 0.1) is 5.92 Å². The van der Waals surface area contributed by atoms with E-state index >= 15 is 0 Å². The Bertz CT molecular complexity index is 1410. The van der Waals surface area contributed by atoms with Crippen LogP contribution in [0.4, 0.5) is 10.6 Å². The number of pyridine rings is 1. The molecule has 1 unspecified atom stereocenters. The van der Waals surface area contributed by atoms with Gasteiger partial charge >= 0.3 is 6.03 Å². The second-order valence-corrected chi connectivity index (χ2v) is 9.86. The molecule has 1 heterocycles. The highest BCUT2D eigenvalue weighted by molar-refractivity contribution is 5.92. The molecule has 0 aliphatic heterocycles. The fourth-order valence-corrected chi connectivity index (χ4v) is 4.54. The summed E-state index contributed by atoms with van der Waals surface area (Å²) in [4.78, 5) is 43.1. The molecule has 216 valence electrons. The van der Waals surface area contributed by atoms with Crippen molar-refractivity contribution in [2.24, 2.45) is 0 Å². The number of amides is 4. The highest BCUT2D eigenvalue weighted by Crippen LogP contribution is 2.25. The van der Waals surface area contributed by atoms with Crippen LogP contribution in [0.2, 0.25) is 0 Å². The maximum absolute atomic E-state index is 13.8. The van der Waals surface area contributed by atoms with E-state index in [1.165, 1.54) is 0 Å². The van der Waals surface area contributed by atoms with Crippen molar-refractivity contribution < 1.29 is 14.4 Å². The van der Waals surface area contributed by atoms with Crippen molar-refractivity contribution in [2.45, 2.75) is 38.4 Å². The van der Waals surface area contributed by atoms with Crippen LogP contribution in [0.15, 0.2) is 103 Å². The minimum Gasteiger partial charge on any atom is -0.384 e. The lowest BCUT2D eigenvalue weighted by molar-refractivity contribution is -0.129. The number of rotatable bonds is 12. The number of carbonyl (C=O) groups is 3. The molecule has 0 aliphatic carbocycles. The van der Waals surface area contributed by atoms with E-state index in [1.54, 1.807) is 18.3 Å². The molecule has 0 saturated carbocycles. The largest absolute Gasteiger partial charge is 0.384 e. The van der Waals surface area contributed by atoms with Crippen molar-refractivity contribution in [3.05, 3.63) is 131 Å². The van der Waals surface area contributed by atoms with Crippen molar-refractivity contribution in [1.29, 1.82) is 0 Å². The van der Waals surface area contributed by atoms with Gasteiger partial charge in [-0.05, 0) is 40.8 Å². The molecule has 4 rings (SSSR count). The number of hydrogen-bond acceptors (Lipinski definition) is 5. The van der Waals surface area contributed by atoms with Crippen molar-refractivity contribution in [1.82, 2.24) is 26.3 Å². The number of urea groups is 1. The van der Waals surface area contributed by atoms with Crippen LogP contribution in [0.3, 0.4) is 0 Å². The number of hydrogen-bond donors (Lipinski definition) is 5. The van der Waals surface area contributed by atoms with Gasteiger partial charge in [-0.3, -0.25) is 9.59 Å². The second-order valence-electron chi connectivity index (χ2n) is 9.86. The molecule has 0 spiro atoms. The topological polar surface area (TPSA) is 138 Å². The van der Waals surface area contributed by atoms with Gasteiger partial charge in [-0.2, -0.15) is 0 Å². The summed E-state index contributed by atoms with van der Waals surface area (Å²) in [7, 11) is 0. The molecule has 1 aromatic heterocycles. The van der Waals surface area contributed by atoms with Gasteiger partial charge in [0.15, 0.2) is 0 Å². The molecule has 6 N–H and O–H groups in total. The summed E-state index contributed by atoms with van der Waals surface area (Å²) in [6, 6.07) is 29.0. The van der Waals surface area contributed by atoms with Crippen LogP contribution in [0.1, 0.15) is 40.7 Å². The van der Waals surface area contributed by atoms with Crippen LogP contribution >= 0.6 is 0 Å². The Kier molecular flexibility index (Phi) is 10.6. The zero-order chi connectivity index (χ0) is 29.7. The Balaban J connectivity index is 1.47. The molecule has 4 aromatic rings. The molecular formula is C33H36N6O3. The van der Waals surface area contributed by atoms with Crippen molar-refractivity contribution in [2.75, 3.05) is 12.3 Å². The van der Waals surface area contributed by atoms with E-state index in [9.17, 15) is 14.4 Å². The maximum Gasteiger partial charge on any atom is 0.315 e. The molecule has 9 nitrogen and oxygen atoms in total. The first-order valence-corrected chi connectivity index (χ1v) is 13.9. The summed E-state index contributed by atoms with van der Waals surface area (Å²) in [6.45, 7) is 3.08. The Labute approximate surface area is 245 Å². The number of benzene rings is 3. The van der Waals surface area contributed by atoms with Crippen LogP contribution in [-0.2, 0) is 29.1 Å². The summed E-state index contributed by atoms with van der Waals surface area (Å²) in [5.41, 5.74) is 10.0. The fourth-order valence-electron chi connectivity index (χ4n) is 4.54. The van der Waals surface area contributed by atoms with E-state index < -0.39 is 12.0 Å². The van der Waals surface area contributed by atoms with Crippen LogP contribution in [-0.4, -0.2) is 35.4 Å². The van der Waals surface area contributed by atoms with Gasteiger partial charge in [-0.1, -0.05) is 91.0 Å². The summed E-state index contributed by atoms with van der Waals surface area (Å²) < 4.78 is 0. The number of nitrogen functional groups attached to an aromatic ring is 1. The fraction of sp³-hybridized carbons (Fsp3) is 0.212. The average molecular weight is 565 g/mol. The first-order valence-electron chi connectivity index (χ1n) is 13.9. The summed E-state index contributed by atoms with van der Waals surface area (Å²) in [6.07, 6.45) is 1.85. The molecule has 3 aromatic carbocycles. The molecule has 0 bridgehead atoms. The Morgan fingerprint density at radius 3 is 1.76 bits per heavy atom. The lowest BCUT2D eigenvalue weighted by Crippen LogP contribution is -2.49. The Morgan fingerprint density at radius 2 is 1.24 bits per heavy atom. The van der Waals surface area contributed by atoms with Crippen molar-refractivity contribution in [3.8, 4) is 0 Å². The number of anilines is 1. The zero-order valence-electron chi connectivity index (χ0n) is 23.5. The Hall–Kier alpha value is -5.18. The third-order valence-corrected chi connectivity index (χ3v) is 6.73. The summed E-state index contributed by atoms with van der Waals surface area (Å²) in [5.74, 6) is -0.809. The average Bonchev–Trinajstić information content (AvgIpc) is 3.01. The van der Waals surface area contributed by atoms with Gasteiger partial charge in [0.1, 0.15) is 11.9 Å². The zero-order valence-corrected chi connectivity index (χ0v) is 23.5. The molecule has 0 radical (unpaired) electrons. The number of nitrogens with two attached hydrogens (primary N) is 1. The van der Waals surface area contributed by atoms with E-state index in [0.717, 1.165) is 27.8 Å². The van der Waals surface area contributed by atoms with Crippen LogP contribution < -0.4 is 27.0 Å². The minimum atomic E-state index is -0.849. The monoisotopic (exact) mass is 564 g/mol. The molecule has 1 atom stereocenters. The lowest BCUT2D eigenvalue weighted by atomic mass is 9.90. The standard InChI is InChI=1S/C33H36N6O3/c1-2-35-33(42)38-21-24-15-13-23(14-16-24)20-37-31(40)28(19-25-17-18-29(34)36-22-25)39-32(41)30(26-9-5-3-6-10-26)27-11-7-4-8-12-27/h3-18,22,28,30H,2,19-21H2,1H3,(H2,34,36)(H,37,40)(H,39,41)(H2,35,38,42). The Morgan fingerprint density at radius 1 is 0.690 bits per heavy atom. The predicted octanol–water partition coefficient (Wildman–Crippen LogP) is 3.66. The maximum atomic E-state index is 13.8. The minimum absolute atomic E-state index is 0.222. The number of nitrogens with one attached hydrogen (secondary N) is 4. The molecule has 0 fully saturated rings. The van der Waals surface area contributed by atoms with Crippen molar-refractivity contribution >= 4 is 23.7 Å². The van der Waals surface area contributed by atoms with Crippen LogP contribution in [0, 0.1) is 0 Å². The highest BCUT2D eigenvalue weighted by Gasteiger charge is 2.28. The number of aromatic nitrogens is 1. The molecule has 0 saturated heterocycles. The first kappa shape index (κ1) is 29.8. The molecule has 4 amide bonds. The van der Waals surface area contributed by atoms with Crippen LogP contribution in [0.25, 0.3) is 0 Å². The molecule has 42 heavy (non-hydrogen) atoms. The second kappa shape index (κ2) is 15.0. The highest BCUT2D eigenvalue weighted by atomic mass is 16.2. The molecular weight excluding hydrogens is 528 g/mol. The quantitative estimate of drug-likeness (QED) is 0.179. The lowest BCUT2D eigenvalue weighted by Gasteiger charge is -2.23. The van der Waals surface area contributed by atoms with E-state index in [1.807, 2.05) is 91.9 Å². The first-order chi connectivity index (χ1) is 20.4. The van der Waals surface area contributed by atoms with Crippen molar-refractivity contribution in [3.63, 3.8) is 0 Å². The van der Waals surface area contributed by atoms with E-state index in [0.29, 0.717) is 18.9 Å². The van der Waals surface area contributed by atoms with Crippen LogP contribution in [0.5, 0.6) is 0 Å². The number of carbonyl (C=O) groups excluding carboxylic acids is 3. The molecule has 9 heteroatoms. The number of nitrogens with zero attached hydrogens (tertiary/aromatic N) is 1. The van der Waals surface area contributed by atoms with E-state index in [-0.39, 0.29) is 30.8 Å². The predicted molar refractivity (Wildman–Crippen MR) is 163 cm³/mol. The van der Waals surface area contributed by atoms with E-state index in [2.05, 4.69) is 26.3 Å². The summed E-state index contributed by atoms with van der Waals surface area (Å²) in [5, 5.41) is 11.4.